The van der Waals surface area contributed by atoms with Crippen LogP contribution >= 0.6 is 0 Å². The van der Waals surface area contributed by atoms with Crippen LogP contribution in [0.3, 0.4) is 0 Å². The minimum atomic E-state index is 0.488. The lowest BCUT2D eigenvalue weighted by atomic mass is 9.97. The lowest BCUT2D eigenvalue weighted by Gasteiger charge is -2.27. The Hall–Kier alpha value is -0.730. The minimum absolute atomic E-state index is 0.488. The second-order valence-electron chi connectivity index (χ2n) is 2.83. The Balaban J connectivity index is 2.52. The highest BCUT2D eigenvalue weighted by molar-refractivity contribution is 5.78. The quantitative estimate of drug-likeness (QED) is 0.552. The first-order chi connectivity index (χ1) is 4.74. The molecule has 0 saturated carbocycles. The van der Waals surface area contributed by atoms with E-state index in [1.54, 1.807) is 0 Å². The summed E-state index contributed by atoms with van der Waals surface area (Å²) < 4.78 is 0. The van der Waals surface area contributed by atoms with E-state index in [9.17, 15) is 0 Å². The molecule has 0 aromatic carbocycles. The second kappa shape index (κ2) is 2.90. The Labute approximate surface area is 61.7 Å². The van der Waals surface area contributed by atoms with Crippen molar-refractivity contribution < 1.29 is 0 Å². The van der Waals surface area contributed by atoms with Crippen molar-refractivity contribution in [3.63, 3.8) is 0 Å². The van der Waals surface area contributed by atoms with Gasteiger partial charge in [0, 0.05) is 12.6 Å². The van der Waals surface area contributed by atoms with E-state index in [0.29, 0.717) is 17.9 Å². The summed E-state index contributed by atoms with van der Waals surface area (Å²) in [5.74, 6) is 1.25. The molecule has 3 nitrogen and oxygen atoms in total. The van der Waals surface area contributed by atoms with Crippen LogP contribution in [0.2, 0.25) is 0 Å². The standard InChI is InChI=1S/C7H15N3/c1-3-6-4-9-7(8)10-5(6)2/h5-6H,3-4H2,1-2H3,(H3,8,9,10). The summed E-state index contributed by atoms with van der Waals surface area (Å²) in [6.45, 7) is 5.21. The third-order valence-corrected chi connectivity index (χ3v) is 2.10. The highest BCUT2D eigenvalue weighted by Crippen LogP contribution is 2.11. The molecule has 2 unspecified atom stereocenters. The maximum Gasteiger partial charge on any atom is 0.188 e. The normalized spacial score (nSPS) is 32.8. The number of hydrogen-bond donors (Lipinski definition) is 2. The summed E-state index contributed by atoms with van der Waals surface area (Å²) in [6, 6.07) is 0.488. The van der Waals surface area contributed by atoms with Gasteiger partial charge in [-0.1, -0.05) is 6.92 Å². The SMILES string of the molecule is CCC1CN=C(N)NC1C. The van der Waals surface area contributed by atoms with Crippen LogP contribution in [0.25, 0.3) is 0 Å². The highest BCUT2D eigenvalue weighted by Gasteiger charge is 2.18. The lowest BCUT2D eigenvalue weighted by Crippen LogP contribution is -2.47. The molecule has 0 saturated heterocycles. The molecule has 0 radical (unpaired) electrons. The van der Waals surface area contributed by atoms with Gasteiger partial charge in [0.1, 0.15) is 0 Å². The predicted octanol–water partition coefficient (Wildman–Crippen LogP) is 0.319. The van der Waals surface area contributed by atoms with Gasteiger partial charge in [-0.2, -0.15) is 0 Å². The van der Waals surface area contributed by atoms with Crippen molar-refractivity contribution in [3.8, 4) is 0 Å². The fourth-order valence-electron chi connectivity index (χ4n) is 1.25. The molecule has 2 atom stereocenters. The highest BCUT2D eigenvalue weighted by atomic mass is 15.1. The molecule has 3 N–H and O–H groups in total. The van der Waals surface area contributed by atoms with E-state index >= 15 is 0 Å². The molecule has 0 spiro atoms. The van der Waals surface area contributed by atoms with Crippen LogP contribution in [0, 0.1) is 5.92 Å². The van der Waals surface area contributed by atoms with Gasteiger partial charge >= 0.3 is 0 Å². The van der Waals surface area contributed by atoms with Gasteiger partial charge in [-0.25, -0.2) is 0 Å². The van der Waals surface area contributed by atoms with Crippen LogP contribution < -0.4 is 11.1 Å². The van der Waals surface area contributed by atoms with Crippen molar-refractivity contribution in [1.29, 1.82) is 0 Å². The molecular formula is C7H15N3. The first-order valence-corrected chi connectivity index (χ1v) is 3.80. The smallest absolute Gasteiger partial charge is 0.188 e. The van der Waals surface area contributed by atoms with Crippen molar-refractivity contribution in [3.05, 3.63) is 0 Å². The van der Waals surface area contributed by atoms with Gasteiger partial charge in [0.15, 0.2) is 5.96 Å². The molecule has 1 aliphatic heterocycles. The largest absolute Gasteiger partial charge is 0.370 e. The average Bonchev–Trinajstić information content (AvgIpc) is 1.88. The fraction of sp³-hybridized carbons (Fsp3) is 0.857. The number of guanidine groups is 1. The van der Waals surface area contributed by atoms with E-state index in [1.165, 1.54) is 6.42 Å². The van der Waals surface area contributed by atoms with Gasteiger partial charge in [-0.15, -0.1) is 0 Å². The predicted molar refractivity (Wildman–Crippen MR) is 42.9 cm³/mol. The summed E-state index contributed by atoms with van der Waals surface area (Å²) in [6.07, 6.45) is 1.17. The Bertz CT molecular complexity index is 142. The number of aliphatic imine (C=N–C) groups is 1. The zero-order chi connectivity index (χ0) is 7.56. The van der Waals surface area contributed by atoms with Crippen LogP contribution in [0.5, 0.6) is 0 Å². The van der Waals surface area contributed by atoms with Crippen molar-refractivity contribution in [2.45, 2.75) is 26.3 Å². The van der Waals surface area contributed by atoms with Crippen molar-refractivity contribution in [2.24, 2.45) is 16.6 Å². The zero-order valence-electron chi connectivity index (χ0n) is 6.59. The first kappa shape index (κ1) is 7.38. The van der Waals surface area contributed by atoms with Gasteiger partial charge in [-0.05, 0) is 19.3 Å². The van der Waals surface area contributed by atoms with Crippen molar-refractivity contribution in [1.82, 2.24) is 5.32 Å². The Morgan fingerprint density at radius 1 is 1.80 bits per heavy atom. The van der Waals surface area contributed by atoms with Gasteiger partial charge in [0.05, 0.1) is 0 Å². The maximum absolute atomic E-state index is 5.48. The van der Waals surface area contributed by atoms with Crippen LogP contribution in [-0.4, -0.2) is 18.5 Å². The van der Waals surface area contributed by atoms with E-state index in [1.807, 2.05) is 0 Å². The topological polar surface area (TPSA) is 50.4 Å². The third-order valence-electron chi connectivity index (χ3n) is 2.10. The molecule has 0 amide bonds. The van der Waals surface area contributed by atoms with E-state index in [0.717, 1.165) is 6.54 Å². The van der Waals surface area contributed by atoms with Crippen LogP contribution in [0.4, 0.5) is 0 Å². The average molecular weight is 141 g/mol. The molecule has 1 aliphatic rings. The zero-order valence-corrected chi connectivity index (χ0v) is 6.59. The Morgan fingerprint density at radius 3 is 3.00 bits per heavy atom. The number of rotatable bonds is 1. The molecule has 58 valence electrons. The summed E-state index contributed by atoms with van der Waals surface area (Å²) in [5.41, 5.74) is 5.48. The summed E-state index contributed by atoms with van der Waals surface area (Å²) in [4.78, 5) is 4.12. The van der Waals surface area contributed by atoms with Crippen LogP contribution in [-0.2, 0) is 0 Å². The number of nitrogens with zero attached hydrogens (tertiary/aromatic N) is 1. The van der Waals surface area contributed by atoms with Gasteiger partial charge in [0.2, 0.25) is 0 Å². The first-order valence-electron chi connectivity index (χ1n) is 3.80. The van der Waals surface area contributed by atoms with Gasteiger partial charge in [-0.3, -0.25) is 4.99 Å². The molecule has 10 heavy (non-hydrogen) atoms. The second-order valence-corrected chi connectivity index (χ2v) is 2.83. The van der Waals surface area contributed by atoms with E-state index in [2.05, 4.69) is 24.2 Å². The molecule has 0 bridgehead atoms. The van der Waals surface area contributed by atoms with E-state index in [-0.39, 0.29) is 0 Å². The van der Waals surface area contributed by atoms with Crippen LogP contribution in [0.15, 0.2) is 4.99 Å². The number of nitrogens with one attached hydrogen (secondary N) is 1. The third kappa shape index (κ3) is 1.40. The molecule has 0 aromatic rings. The molecule has 1 heterocycles. The monoisotopic (exact) mass is 141 g/mol. The Morgan fingerprint density at radius 2 is 2.50 bits per heavy atom. The minimum Gasteiger partial charge on any atom is -0.370 e. The van der Waals surface area contributed by atoms with Crippen molar-refractivity contribution >= 4 is 5.96 Å². The number of nitrogens with two attached hydrogens (primary N) is 1. The summed E-state index contributed by atoms with van der Waals surface area (Å²) >= 11 is 0. The summed E-state index contributed by atoms with van der Waals surface area (Å²) in [7, 11) is 0. The molecule has 0 fully saturated rings. The fourth-order valence-corrected chi connectivity index (χ4v) is 1.25. The van der Waals surface area contributed by atoms with Crippen LogP contribution in [0.1, 0.15) is 20.3 Å². The van der Waals surface area contributed by atoms with Crippen molar-refractivity contribution in [2.75, 3.05) is 6.54 Å². The van der Waals surface area contributed by atoms with Gasteiger partial charge in [0.25, 0.3) is 0 Å². The molecule has 3 heteroatoms. The van der Waals surface area contributed by atoms with E-state index in [4.69, 9.17) is 5.73 Å². The molecule has 1 rings (SSSR count). The molecule has 0 aliphatic carbocycles. The number of hydrogen-bond acceptors (Lipinski definition) is 3. The lowest BCUT2D eigenvalue weighted by molar-refractivity contribution is 0.393. The summed E-state index contributed by atoms with van der Waals surface area (Å²) in [5, 5.41) is 3.11. The molecular weight excluding hydrogens is 126 g/mol. The maximum atomic E-state index is 5.48. The van der Waals surface area contributed by atoms with E-state index < -0.39 is 0 Å². The molecule has 0 aromatic heterocycles. The Kier molecular flexibility index (Phi) is 2.14. The van der Waals surface area contributed by atoms with Gasteiger partial charge < -0.3 is 11.1 Å².